The average Bonchev–Trinajstić information content (AvgIpc) is 3.46. The van der Waals surface area contributed by atoms with Crippen LogP contribution in [-0.2, 0) is 27.4 Å². The van der Waals surface area contributed by atoms with Gasteiger partial charge in [0.15, 0.2) is 5.78 Å². The number of ether oxygens (including phenoxy) is 1. The Morgan fingerprint density at radius 3 is 2.35 bits per heavy atom. The van der Waals surface area contributed by atoms with Crippen LogP contribution in [-0.4, -0.2) is 54.2 Å². The van der Waals surface area contributed by atoms with Crippen LogP contribution in [0.1, 0.15) is 24.0 Å². The second kappa shape index (κ2) is 10.2. The van der Waals surface area contributed by atoms with Crippen LogP contribution in [0.3, 0.4) is 0 Å². The lowest BCUT2D eigenvalue weighted by molar-refractivity contribution is -0.137. The topological polar surface area (TPSA) is 81.5 Å². The van der Waals surface area contributed by atoms with Gasteiger partial charge < -0.3 is 4.74 Å². The summed E-state index contributed by atoms with van der Waals surface area (Å²) in [6.07, 6.45) is -4.93. The summed E-state index contributed by atoms with van der Waals surface area (Å²) in [6, 6.07) is 7.11. The van der Waals surface area contributed by atoms with Gasteiger partial charge in [-0.15, -0.1) is 5.10 Å². The third-order valence-electron chi connectivity index (χ3n) is 6.04. The summed E-state index contributed by atoms with van der Waals surface area (Å²) >= 11 is 0. The number of aromatic nitrogens is 2. The summed E-state index contributed by atoms with van der Waals surface area (Å²) < 4.78 is 99.3. The number of sulfonamides is 1. The van der Waals surface area contributed by atoms with Crippen molar-refractivity contribution in [2.75, 3.05) is 13.7 Å². The molecule has 0 unspecified atom stereocenters. The number of carbonyl (C=O) groups is 1. The van der Waals surface area contributed by atoms with E-state index in [0.29, 0.717) is 11.3 Å². The standard InChI is InChI=1S/C24H22F5N3O4S/c1-36-23-15(13-31(30-23)19-7-3-16(4-8-19)24(27,28)29)2-11-22(33)21-12-18(26)14-32(21)37(34,35)20-9-5-17(25)6-10-20/h3-10,13,18,21H,2,11-12,14H2,1H3/t18-,21+/m1/s1. The number of halogens is 5. The molecule has 0 radical (unpaired) electrons. The van der Waals surface area contributed by atoms with Crippen molar-refractivity contribution in [1.82, 2.24) is 14.1 Å². The van der Waals surface area contributed by atoms with Crippen molar-refractivity contribution < 1.29 is 39.9 Å². The molecule has 7 nitrogen and oxygen atoms in total. The maximum absolute atomic E-state index is 14.2. The van der Waals surface area contributed by atoms with Gasteiger partial charge in [-0.3, -0.25) is 4.79 Å². The first-order valence-corrected chi connectivity index (χ1v) is 12.6. The Hall–Kier alpha value is -3.32. The molecule has 1 aliphatic heterocycles. The molecule has 0 saturated carbocycles. The van der Waals surface area contributed by atoms with E-state index in [1.807, 2.05) is 0 Å². The molecule has 1 fully saturated rings. The van der Waals surface area contributed by atoms with E-state index >= 15 is 0 Å². The Labute approximate surface area is 209 Å². The highest BCUT2D eigenvalue weighted by molar-refractivity contribution is 7.89. The number of aryl methyl sites for hydroxylation is 1. The van der Waals surface area contributed by atoms with E-state index in [9.17, 15) is 35.2 Å². The number of hydrogen-bond acceptors (Lipinski definition) is 5. The molecule has 4 rings (SSSR count). The molecule has 2 atom stereocenters. The number of Topliss-reactive ketones (excluding diaryl/α,β-unsaturated/α-hetero) is 1. The van der Waals surface area contributed by atoms with Gasteiger partial charge in [0, 0.05) is 31.1 Å². The minimum Gasteiger partial charge on any atom is -0.480 e. The van der Waals surface area contributed by atoms with Gasteiger partial charge in [-0.1, -0.05) is 0 Å². The van der Waals surface area contributed by atoms with Crippen molar-refractivity contribution >= 4 is 15.8 Å². The zero-order chi connectivity index (χ0) is 27.0. The monoisotopic (exact) mass is 543 g/mol. The Morgan fingerprint density at radius 2 is 1.76 bits per heavy atom. The van der Waals surface area contributed by atoms with Crippen LogP contribution in [0.25, 0.3) is 5.69 Å². The maximum atomic E-state index is 14.2. The fourth-order valence-electron chi connectivity index (χ4n) is 4.15. The summed E-state index contributed by atoms with van der Waals surface area (Å²) in [5.41, 5.74) is -0.0287. The molecule has 1 aromatic heterocycles. The molecular formula is C24H22F5N3O4S. The quantitative estimate of drug-likeness (QED) is 0.395. The highest BCUT2D eigenvalue weighted by Gasteiger charge is 2.43. The first-order chi connectivity index (χ1) is 17.4. The van der Waals surface area contributed by atoms with Crippen LogP contribution in [0.4, 0.5) is 22.0 Å². The Balaban J connectivity index is 1.50. The van der Waals surface area contributed by atoms with E-state index in [1.54, 1.807) is 0 Å². The van der Waals surface area contributed by atoms with Gasteiger partial charge in [0.25, 0.3) is 0 Å². The van der Waals surface area contributed by atoms with E-state index in [1.165, 1.54) is 30.1 Å². The number of nitrogens with zero attached hydrogens (tertiary/aromatic N) is 3. The molecule has 0 N–H and O–H groups in total. The lowest BCUT2D eigenvalue weighted by atomic mass is 10.0. The Kier molecular flexibility index (Phi) is 7.38. The van der Waals surface area contributed by atoms with E-state index < -0.39 is 52.1 Å². The van der Waals surface area contributed by atoms with Gasteiger partial charge in [0.1, 0.15) is 12.0 Å². The van der Waals surface area contributed by atoms with Crippen molar-refractivity contribution in [2.45, 2.75) is 42.5 Å². The third kappa shape index (κ3) is 5.67. The van der Waals surface area contributed by atoms with Crippen LogP contribution >= 0.6 is 0 Å². The minimum atomic E-state index is -4.48. The number of methoxy groups -OCH3 is 1. The molecule has 0 aliphatic carbocycles. The molecule has 198 valence electrons. The summed E-state index contributed by atoms with van der Waals surface area (Å²) in [5, 5.41) is 4.18. The summed E-state index contributed by atoms with van der Waals surface area (Å²) in [4.78, 5) is 12.8. The van der Waals surface area contributed by atoms with Crippen molar-refractivity contribution in [3.63, 3.8) is 0 Å². The Morgan fingerprint density at radius 1 is 1.11 bits per heavy atom. The van der Waals surface area contributed by atoms with Crippen LogP contribution < -0.4 is 4.74 Å². The third-order valence-corrected chi connectivity index (χ3v) is 7.93. The molecule has 1 aliphatic rings. The van der Waals surface area contributed by atoms with Crippen LogP contribution in [0.5, 0.6) is 5.88 Å². The van der Waals surface area contributed by atoms with Crippen molar-refractivity contribution in [3.05, 3.63) is 71.7 Å². The summed E-state index contributed by atoms with van der Waals surface area (Å²) in [6.45, 7) is -0.495. The first kappa shape index (κ1) is 26.7. The van der Waals surface area contributed by atoms with Crippen LogP contribution in [0.15, 0.2) is 59.6 Å². The number of hydrogen-bond donors (Lipinski definition) is 0. The Bertz CT molecular complexity index is 1370. The molecule has 0 bridgehead atoms. The highest BCUT2D eigenvalue weighted by atomic mass is 32.2. The molecular weight excluding hydrogens is 521 g/mol. The normalized spacial score (nSPS) is 18.8. The zero-order valence-electron chi connectivity index (χ0n) is 19.5. The number of ketones is 1. The lowest BCUT2D eigenvalue weighted by Gasteiger charge is -2.22. The highest BCUT2D eigenvalue weighted by Crippen LogP contribution is 2.31. The van der Waals surface area contributed by atoms with E-state index in [-0.39, 0.29) is 30.0 Å². The second-order valence-electron chi connectivity index (χ2n) is 8.50. The van der Waals surface area contributed by atoms with Gasteiger partial charge in [-0.05, 0) is 55.0 Å². The summed E-state index contributed by atoms with van der Waals surface area (Å²) in [7, 11) is -2.90. The van der Waals surface area contributed by atoms with Crippen molar-refractivity contribution in [3.8, 4) is 11.6 Å². The van der Waals surface area contributed by atoms with Gasteiger partial charge in [0.05, 0.1) is 29.3 Å². The molecule has 0 amide bonds. The van der Waals surface area contributed by atoms with Crippen molar-refractivity contribution in [2.24, 2.45) is 0 Å². The zero-order valence-corrected chi connectivity index (χ0v) is 20.3. The molecule has 3 aromatic rings. The van der Waals surface area contributed by atoms with Gasteiger partial charge in [0.2, 0.25) is 15.9 Å². The fraction of sp³-hybridized carbons (Fsp3) is 0.333. The SMILES string of the molecule is COc1nn(-c2ccc(C(F)(F)F)cc2)cc1CCC(=O)[C@@H]1C[C@@H](F)CN1S(=O)(=O)c1ccc(F)cc1. The molecule has 1 saturated heterocycles. The summed E-state index contributed by atoms with van der Waals surface area (Å²) in [5.74, 6) is -1.02. The molecule has 2 heterocycles. The van der Waals surface area contributed by atoms with Crippen LogP contribution in [0, 0.1) is 5.82 Å². The fourth-order valence-corrected chi connectivity index (χ4v) is 5.80. The van der Waals surface area contributed by atoms with Gasteiger partial charge >= 0.3 is 6.18 Å². The van der Waals surface area contributed by atoms with Gasteiger partial charge in [-0.25, -0.2) is 21.9 Å². The lowest BCUT2D eigenvalue weighted by Crippen LogP contribution is -2.40. The minimum absolute atomic E-state index is 0.0700. The first-order valence-electron chi connectivity index (χ1n) is 11.1. The number of rotatable bonds is 8. The van der Waals surface area contributed by atoms with E-state index in [4.69, 9.17) is 4.74 Å². The second-order valence-corrected chi connectivity index (χ2v) is 10.4. The van der Waals surface area contributed by atoms with E-state index in [2.05, 4.69) is 5.10 Å². The smallest absolute Gasteiger partial charge is 0.416 e. The predicted octanol–water partition coefficient (Wildman–Crippen LogP) is 4.34. The largest absolute Gasteiger partial charge is 0.480 e. The van der Waals surface area contributed by atoms with Gasteiger partial charge in [-0.2, -0.15) is 17.5 Å². The van der Waals surface area contributed by atoms with Crippen LogP contribution in [0.2, 0.25) is 0 Å². The maximum Gasteiger partial charge on any atom is 0.416 e. The van der Waals surface area contributed by atoms with E-state index in [0.717, 1.165) is 40.7 Å². The number of alkyl halides is 4. The predicted molar refractivity (Wildman–Crippen MR) is 122 cm³/mol. The number of benzene rings is 2. The molecule has 2 aromatic carbocycles. The molecule has 13 heteroatoms. The molecule has 0 spiro atoms. The molecule has 37 heavy (non-hydrogen) atoms. The average molecular weight is 544 g/mol. The number of carbonyl (C=O) groups excluding carboxylic acids is 1. The van der Waals surface area contributed by atoms with Crippen molar-refractivity contribution in [1.29, 1.82) is 0 Å².